The molecular weight excluding hydrogens is 226 g/mol. The third kappa shape index (κ3) is 2.09. The number of hydrogen-bond acceptors (Lipinski definition) is 2. The topological polar surface area (TPSA) is 29.5 Å². The van der Waals surface area contributed by atoms with Gasteiger partial charge in [-0.15, -0.1) is 0 Å². The lowest BCUT2D eigenvalue weighted by atomic mass is 9.90. The Bertz CT molecular complexity index is 444. The van der Waals surface area contributed by atoms with E-state index >= 15 is 0 Å². The van der Waals surface area contributed by atoms with Crippen LogP contribution in [-0.4, -0.2) is 23.1 Å². The molecule has 0 bridgehead atoms. The molecule has 0 spiro atoms. The van der Waals surface area contributed by atoms with Gasteiger partial charge in [-0.3, -0.25) is 9.69 Å². The minimum Gasteiger partial charge on any atom is -0.472 e. The molecular formula is C15H21NO2. The second kappa shape index (κ2) is 5.01. The summed E-state index contributed by atoms with van der Waals surface area (Å²) in [6.07, 6.45) is 3.01. The predicted octanol–water partition coefficient (Wildman–Crippen LogP) is 3.45. The van der Waals surface area contributed by atoms with Crippen LogP contribution in [0.15, 0.2) is 24.3 Å². The Labute approximate surface area is 109 Å². The number of carbonyl (C=O) groups is 1. The molecule has 0 radical (unpaired) electrons. The Hall–Kier alpha value is -1.51. The minimum atomic E-state index is -0.112. The highest BCUT2D eigenvalue weighted by Crippen LogP contribution is 2.32. The number of amides is 1. The van der Waals surface area contributed by atoms with Crippen molar-refractivity contribution in [3.63, 3.8) is 0 Å². The van der Waals surface area contributed by atoms with E-state index in [0.717, 1.165) is 19.3 Å². The van der Waals surface area contributed by atoms with Crippen LogP contribution in [0.2, 0.25) is 0 Å². The Kier molecular flexibility index (Phi) is 3.60. The average Bonchev–Trinajstić information content (AvgIpc) is 2.39. The number of hydrogen-bond donors (Lipinski definition) is 0. The van der Waals surface area contributed by atoms with Gasteiger partial charge in [0.05, 0.1) is 5.56 Å². The first-order valence-electron chi connectivity index (χ1n) is 6.66. The van der Waals surface area contributed by atoms with Crippen LogP contribution in [0.3, 0.4) is 0 Å². The smallest absolute Gasteiger partial charge is 0.260 e. The zero-order valence-electron chi connectivity index (χ0n) is 11.4. The zero-order valence-corrected chi connectivity index (χ0v) is 11.4. The summed E-state index contributed by atoms with van der Waals surface area (Å²) in [6.45, 7) is 6.78. The van der Waals surface area contributed by atoms with Crippen molar-refractivity contribution in [2.24, 2.45) is 0 Å². The first-order chi connectivity index (χ1) is 8.62. The van der Waals surface area contributed by atoms with Gasteiger partial charge >= 0.3 is 0 Å². The summed E-state index contributed by atoms with van der Waals surface area (Å²) < 4.78 is 5.71. The Morgan fingerprint density at radius 1 is 1.33 bits per heavy atom. The summed E-state index contributed by atoms with van der Waals surface area (Å²) in [6, 6.07) is 7.47. The lowest BCUT2D eigenvalue weighted by Crippen LogP contribution is -2.53. The molecule has 2 rings (SSSR count). The standard InChI is InChI=1S/C15H21NO2/c1-4-10-15(3,5-2)16-11-18-13-9-7-6-8-12(13)14(16)17/h6-9H,4-5,10-11H2,1-3H3. The molecule has 98 valence electrons. The maximum atomic E-state index is 12.5. The zero-order chi connectivity index (χ0) is 13.2. The number of nitrogens with zero attached hydrogens (tertiary/aromatic N) is 1. The number of rotatable bonds is 4. The van der Waals surface area contributed by atoms with Crippen molar-refractivity contribution in [3.05, 3.63) is 29.8 Å². The number of benzene rings is 1. The average molecular weight is 247 g/mol. The number of ether oxygens (including phenoxy) is 1. The maximum absolute atomic E-state index is 12.5. The van der Waals surface area contributed by atoms with E-state index in [-0.39, 0.29) is 11.4 Å². The van der Waals surface area contributed by atoms with Gasteiger partial charge in [0.2, 0.25) is 0 Å². The van der Waals surface area contributed by atoms with E-state index in [0.29, 0.717) is 18.0 Å². The van der Waals surface area contributed by atoms with Gasteiger partial charge in [-0.05, 0) is 31.9 Å². The number of fused-ring (bicyclic) bond motifs is 1. The van der Waals surface area contributed by atoms with Gasteiger partial charge in [0, 0.05) is 5.54 Å². The molecule has 1 heterocycles. The van der Waals surface area contributed by atoms with Gasteiger partial charge in [0.25, 0.3) is 5.91 Å². The van der Waals surface area contributed by atoms with E-state index in [1.54, 1.807) is 0 Å². The number of para-hydroxylation sites is 1. The quantitative estimate of drug-likeness (QED) is 0.815. The molecule has 1 aliphatic heterocycles. The molecule has 0 aromatic heterocycles. The molecule has 0 saturated heterocycles. The SMILES string of the molecule is CCCC(C)(CC)N1COc2ccccc2C1=O. The fraction of sp³-hybridized carbons (Fsp3) is 0.533. The van der Waals surface area contributed by atoms with Crippen molar-refractivity contribution in [3.8, 4) is 5.75 Å². The highest BCUT2D eigenvalue weighted by Gasteiger charge is 2.37. The summed E-state index contributed by atoms with van der Waals surface area (Å²) in [4.78, 5) is 14.4. The summed E-state index contributed by atoms with van der Waals surface area (Å²) in [7, 11) is 0. The molecule has 0 fully saturated rings. The lowest BCUT2D eigenvalue weighted by Gasteiger charge is -2.43. The molecule has 3 heteroatoms. The second-order valence-corrected chi connectivity index (χ2v) is 5.10. The third-order valence-electron chi connectivity index (χ3n) is 3.91. The predicted molar refractivity (Wildman–Crippen MR) is 71.7 cm³/mol. The van der Waals surface area contributed by atoms with Gasteiger partial charge in [0.15, 0.2) is 6.73 Å². The molecule has 0 saturated carbocycles. The van der Waals surface area contributed by atoms with E-state index in [1.807, 2.05) is 29.2 Å². The highest BCUT2D eigenvalue weighted by atomic mass is 16.5. The van der Waals surface area contributed by atoms with Crippen LogP contribution in [0.1, 0.15) is 50.4 Å². The molecule has 1 aromatic rings. The Balaban J connectivity index is 2.31. The van der Waals surface area contributed by atoms with Crippen LogP contribution in [-0.2, 0) is 0 Å². The van der Waals surface area contributed by atoms with Crippen LogP contribution >= 0.6 is 0 Å². The normalized spacial score (nSPS) is 17.9. The van der Waals surface area contributed by atoms with Crippen LogP contribution < -0.4 is 4.74 Å². The summed E-state index contributed by atoms with van der Waals surface area (Å²) in [5.74, 6) is 0.795. The Morgan fingerprint density at radius 2 is 2.06 bits per heavy atom. The minimum absolute atomic E-state index is 0.0923. The monoisotopic (exact) mass is 247 g/mol. The van der Waals surface area contributed by atoms with Crippen LogP contribution in [0.4, 0.5) is 0 Å². The van der Waals surface area contributed by atoms with Gasteiger partial charge in [0.1, 0.15) is 5.75 Å². The van der Waals surface area contributed by atoms with E-state index in [2.05, 4.69) is 20.8 Å². The van der Waals surface area contributed by atoms with Gasteiger partial charge in [-0.2, -0.15) is 0 Å². The number of carbonyl (C=O) groups excluding carboxylic acids is 1. The summed E-state index contributed by atoms with van der Waals surface area (Å²) in [5.41, 5.74) is 0.568. The van der Waals surface area contributed by atoms with Crippen LogP contribution in [0.5, 0.6) is 5.75 Å². The molecule has 1 aromatic carbocycles. The Morgan fingerprint density at radius 3 is 2.72 bits per heavy atom. The molecule has 1 amide bonds. The van der Waals surface area contributed by atoms with Gasteiger partial charge in [-0.25, -0.2) is 0 Å². The van der Waals surface area contributed by atoms with Crippen molar-refractivity contribution >= 4 is 5.91 Å². The van der Waals surface area contributed by atoms with Crippen molar-refractivity contribution < 1.29 is 9.53 Å². The van der Waals surface area contributed by atoms with Gasteiger partial charge in [-0.1, -0.05) is 32.4 Å². The third-order valence-corrected chi connectivity index (χ3v) is 3.91. The fourth-order valence-corrected chi connectivity index (χ4v) is 2.55. The van der Waals surface area contributed by atoms with Crippen LogP contribution in [0, 0.1) is 0 Å². The molecule has 3 nitrogen and oxygen atoms in total. The second-order valence-electron chi connectivity index (χ2n) is 5.10. The summed E-state index contributed by atoms with van der Waals surface area (Å²) >= 11 is 0. The molecule has 0 N–H and O–H groups in total. The van der Waals surface area contributed by atoms with Crippen molar-refractivity contribution in [2.45, 2.75) is 45.6 Å². The molecule has 0 aliphatic carbocycles. The van der Waals surface area contributed by atoms with E-state index < -0.39 is 0 Å². The van der Waals surface area contributed by atoms with Crippen molar-refractivity contribution in [1.82, 2.24) is 4.90 Å². The highest BCUT2D eigenvalue weighted by molar-refractivity contribution is 5.98. The van der Waals surface area contributed by atoms with Crippen molar-refractivity contribution in [1.29, 1.82) is 0 Å². The molecule has 1 atom stereocenters. The molecule has 1 aliphatic rings. The fourth-order valence-electron chi connectivity index (χ4n) is 2.55. The maximum Gasteiger partial charge on any atom is 0.260 e. The van der Waals surface area contributed by atoms with E-state index in [9.17, 15) is 4.79 Å². The van der Waals surface area contributed by atoms with E-state index in [4.69, 9.17) is 4.74 Å². The first kappa shape index (κ1) is 12.9. The van der Waals surface area contributed by atoms with Gasteiger partial charge < -0.3 is 4.74 Å². The van der Waals surface area contributed by atoms with E-state index in [1.165, 1.54) is 0 Å². The molecule has 18 heavy (non-hydrogen) atoms. The molecule has 1 unspecified atom stereocenters. The van der Waals surface area contributed by atoms with Crippen molar-refractivity contribution in [2.75, 3.05) is 6.73 Å². The van der Waals surface area contributed by atoms with Crippen LogP contribution in [0.25, 0.3) is 0 Å². The largest absolute Gasteiger partial charge is 0.472 e. The summed E-state index contributed by atoms with van der Waals surface area (Å²) in [5, 5.41) is 0. The lowest BCUT2D eigenvalue weighted by molar-refractivity contribution is 0.00826. The first-order valence-corrected chi connectivity index (χ1v) is 6.66.